The van der Waals surface area contributed by atoms with Crippen LogP contribution >= 0.6 is 0 Å². The minimum absolute atomic E-state index is 0.0983. The maximum Gasteiger partial charge on any atom is 0.313 e. The van der Waals surface area contributed by atoms with Gasteiger partial charge in [0.25, 0.3) is 0 Å². The first-order chi connectivity index (χ1) is 10.5. The summed E-state index contributed by atoms with van der Waals surface area (Å²) in [7, 11) is 0. The predicted octanol–water partition coefficient (Wildman–Crippen LogP) is -0.348. The minimum atomic E-state index is -0.673. The second-order valence-corrected chi connectivity index (χ2v) is 5.40. The van der Waals surface area contributed by atoms with Gasteiger partial charge >= 0.3 is 11.8 Å². The summed E-state index contributed by atoms with van der Waals surface area (Å²) in [4.78, 5) is 27.8. The van der Waals surface area contributed by atoms with Gasteiger partial charge < -0.3 is 21.1 Å². The molecule has 0 atom stereocenters. The maximum absolute atomic E-state index is 12.2. The van der Waals surface area contributed by atoms with Gasteiger partial charge in [0.15, 0.2) is 0 Å². The number of benzene rings is 1. The van der Waals surface area contributed by atoms with Crippen LogP contribution in [0.4, 0.5) is 11.4 Å². The van der Waals surface area contributed by atoms with Crippen molar-refractivity contribution in [2.45, 2.75) is 6.92 Å². The lowest BCUT2D eigenvalue weighted by Crippen LogP contribution is -2.52. The van der Waals surface area contributed by atoms with E-state index in [1.807, 2.05) is 13.0 Å². The highest BCUT2D eigenvalue weighted by Crippen LogP contribution is 2.19. The summed E-state index contributed by atoms with van der Waals surface area (Å²) in [6.07, 6.45) is 0. The first kappa shape index (κ1) is 16.3. The topological polar surface area (TPSA) is 98.9 Å². The Bertz CT molecular complexity index is 554. The van der Waals surface area contributed by atoms with E-state index in [4.69, 9.17) is 10.8 Å². The van der Waals surface area contributed by atoms with Crippen LogP contribution in [0.25, 0.3) is 0 Å². The molecule has 0 unspecified atom stereocenters. The Morgan fingerprint density at radius 1 is 1.27 bits per heavy atom. The Kier molecular flexibility index (Phi) is 5.35. The number of carbonyl (C=O) groups excluding carboxylic acids is 2. The van der Waals surface area contributed by atoms with Crippen LogP contribution in [0.15, 0.2) is 18.2 Å². The molecule has 1 aromatic rings. The lowest BCUT2D eigenvalue weighted by molar-refractivity contribution is -0.144. The van der Waals surface area contributed by atoms with Crippen molar-refractivity contribution < 1.29 is 14.7 Å². The van der Waals surface area contributed by atoms with E-state index in [9.17, 15) is 9.59 Å². The number of nitrogens with one attached hydrogen (secondary N) is 1. The van der Waals surface area contributed by atoms with Crippen LogP contribution in [-0.4, -0.2) is 66.1 Å². The number of β-amino-alcohol motifs (C(OH)–C–C–N with tert-alkyl or cyclic N) is 1. The summed E-state index contributed by atoms with van der Waals surface area (Å²) in [6.45, 7) is 4.86. The van der Waals surface area contributed by atoms with E-state index in [-0.39, 0.29) is 6.61 Å². The molecule has 0 bridgehead atoms. The Hall–Kier alpha value is -2.12. The smallest absolute Gasteiger partial charge is 0.313 e. The summed E-state index contributed by atoms with van der Waals surface area (Å²) in [5, 5.41) is 11.5. The molecule has 1 heterocycles. The van der Waals surface area contributed by atoms with Crippen molar-refractivity contribution >= 4 is 23.2 Å². The number of carbonyl (C=O) groups is 2. The normalized spacial score (nSPS) is 15.6. The number of amides is 2. The zero-order valence-corrected chi connectivity index (χ0v) is 12.7. The van der Waals surface area contributed by atoms with Gasteiger partial charge in [-0.3, -0.25) is 14.5 Å². The van der Waals surface area contributed by atoms with Crippen molar-refractivity contribution in [3.8, 4) is 0 Å². The van der Waals surface area contributed by atoms with Crippen LogP contribution < -0.4 is 11.1 Å². The van der Waals surface area contributed by atoms with Gasteiger partial charge in [-0.15, -0.1) is 0 Å². The van der Waals surface area contributed by atoms with Crippen molar-refractivity contribution in [1.82, 2.24) is 9.80 Å². The van der Waals surface area contributed by atoms with Crippen molar-refractivity contribution in [3.05, 3.63) is 23.8 Å². The molecule has 0 spiro atoms. The molecule has 0 aliphatic carbocycles. The van der Waals surface area contributed by atoms with Crippen molar-refractivity contribution in [2.24, 2.45) is 0 Å². The summed E-state index contributed by atoms with van der Waals surface area (Å²) < 4.78 is 0. The second kappa shape index (κ2) is 7.24. The Labute approximate surface area is 129 Å². The number of nitrogens with zero attached hydrogens (tertiary/aromatic N) is 2. The molecule has 2 amide bonds. The third kappa shape index (κ3) is 3.96. The van der Waals surface area contributed by atoms with Crippen LogP contribution in [0.1, 0.15) is 5.56 Å². The van der Waals surface area contributed by atoms with E-state index >= 15 is 0 Å². The molecule has 1 fully saturated rings. The maximum atomic E-state index is 12.2. The standard InChI is InChI=1S/C15H22N4O3/c1-11-2-3-12(16)13(10-11)17-14(21)15(22)19-6-4-18(5-7-19)8-9-20/h2-3,10,20H,4-9,16H2,1H3,(H,17,21). The first-order valence-electron chi connectivity index (χ1n) is 7.31. The van der Waals surface area contributed by atoms with Crippen LogP contribution in [0.3, 0.4) is 0 Å². The molecule has 7 heteroatoms. The van der Waals surface area contributed by atoms with Gasteiger partial charge in [0.05, 0.1) is 18.0 Å². The lowest BCUT2D eigenvalue weighted by atomic mass is 10.2. The van der Waals surface area contributed by atoms with Crippen LogP contribution in [0.2, 0.25) is 0 Å². The third-order valence-corrected chi connectivity index (χ3v) is 3.73. The number of nitrogens with two attached hydrogens (primary N) is 1. The molecule has 1 aromatic carbocycles. The highest BCUT2D eigenvalue weighted by molar-refractivity contribution is 6.39. The number of aliphatic hydroxyl groups excluding tert-OH is 1. The van der Waals surface area contributed by atoms with Gasteiger partial charge in [0.1, 0.15) is 0 Å². The van der Waals surface area contributed by atoms with E-state index in [0.29, 0.717) is 44.1 Å². The van der Waals surface area contributed by atoms with Crippen molar-refractivity contribution in [2.75, 3.05) is 50.4 Å². The number of hydrogen-bond acceptors (Lipinski definition) is 5. The van der Waals surface area contributed by atoms with E-state index in [1.54, 1.807) is 12.1 Å². The molecule has 120 valence electrons. The Balaban J connectivity index is 1.93. The predicted molar refractivity (Wildman–Crippen MR) is 84.3 cm³/mol. The van der Waals surface area contributed by atoms with Gasteiger partial charge in [-0.2, -0.15) is 0 Å². The number of aliphatic hydroxyl groups is 1. The van der Waals surface area contributed by atoms with Crippen LogP contribution in [0.5, 0.6) is 0 Å². The monoisotopic (exact) mass is 306 g/mol. The van der Waals surface area contributed by atoms with E-state index in [0.717, 1.165) is 5.56 Å². The summed E-state index contributed by atoms with van der Waals surface area (Å²) >= 11 is 0. The number of hydrogen-bond donors (Lipinski definition) is 3. The molecule has 22 heavy (non-hydrogen) atoms. The fraction of sp³-hybridized carbons (Fsp3) is 0.467. The lowest BCUT2D eigenvalue weighted by Gasteiger charge is -2.33. The average molecular weight is 306 g/mol. The van der Waals surface area contributed by atoms with Crippen LogP contribution in [0, 0.1) is 6.92 Å². The summed E-state index contributed by atoms with van der Waals surface area (Å²) in [6, 6.07) is 5.27. The summed E-state index contributed by atoms with van der Waals surface area (Å²) in [5.41, 5.74) is 7.64. The molecule has 1 aliphatic rings. The number of anilines is 2. The average Bonchev–Trinajstić information content (AvgIpc) is 2.51. The highest BCUT2D eigenvalue weighted by atomic mass is 16.3. The zero-order valence-electron chi connectivity index (χ0n) is 12.7. The SMILES string of the molecule is Cc1ccc(N)c(NC(=O)C(=O)N2CCN(CCO)CC2)c1. The van der Waals surface area contributed by atoms with Gasteiger partial charge in [0.2, 0.25) is 0 Å². The molecule has 4 N–H and O–H groups in total. The summed E-state index contributed by atoms with van der Waals surface area (Å²) in [5.74, 6) is -1.22. The molecule has 1 saturated heterocycles. The van der Waals surface area contributed by atoms with Crippen LogP contribution in [-0.2, 0) is 9.59 Å². The number of aryl methyl sites for hydroxylation is 1. The van der Waals surface area contributed by atoms with Gasteiger partial charge in [-0.05, 0) is 24.6 Å². The Morgan fingerprint density at radius 2 is 1.95 bits per heavy atom. The molecule has 1 aliphatic heterocycles. The van der Waals surface area contributed by atoms with Crippen molar-refractivity contribution in [3.63, 3.8) is 0 Å². The van der Waals surface area contributed by atoms with Crippen molar-refractivity contribution in [1.29, 1.82) is 0 Å². The van der Waals surface area contributed by atoms with E-state index in [1.165, 1.54) is 4.90 Å². The second-order valence-electron chi connectivity index (χ2n) is 5.40. The molecular weight excluding hydrogens is 284 g/mol. The fourth-order valence-corrected chi connectivity index (χ4v) is 2.41. The molecule has 7 nitrogen and oxygen atoms in total. The number of piperazine rings is 1. The molecule has 2 rings (SSSR count). The largest absolute Gasteiger partial charge is 0.397 e. The molecular formula is C15H22N4O3. The molecule has 0 aromatic heterocycles. The molecule has 0 radical (unpaired) electrons. The van der Waals surface area contributed by atoms with Gasteiger partial charge in [-0.25, -0.2) is 0 Å². The van der Waals surface area contributed by atoms with Gasteiger partial charge in [-0.1, -0.05) is 6.07 Å². The zero-order chi connectivity index (χ0) is 16.1. The minimum Gasteiger partial charge on any atom is -0.397 e. The van der Waals surface area contributed by atoms with Gasteiger partial charge in [0, 0.05) is 32.7 Å². The first-order valence-corrected chi connectivity index (χ1v) is 7.31. The Morgan fingerprint density at radius 3 is 2.59 bits per heavy atom. The third-order valence-electron chi connectivity index (χ3n) is 3.73. The number of rotatable bonds is 3. The van der Waals surface area contributed by atoms with E-state index < -0.39 is 11.8 Å². The van der Waals surface area contributed by atoms with E-state index in [2.05, 4.69) is 10.2 Å². The quantitative estimate of drug-likeness (QED) is 0.524. The number of nitrogen functional groups attached to an aromatic ring is 1. The molecule has 0 saturated carbocycles. The fourth-order valence-electron chi connectivity index (χ4n) is 2.41. The highest BCUT2D eigenvalue weighted by Gasteiger charge is 2.26.